The van der Waals surface area contributed by atoms with Crippen LogP contribution in [-0.4, -0.2) is 66.3 Å². The summed E-state index contributed by atoms with van der Waals surface area (Å²) in [5.41, 5.74) is -0.632. The fourth-order valence-corrected chi connectivity index (χ4v) is 7.45. The molecule has 3 aromatic rings. The number of anilines is 1. The number of amides is 1. The van der Waals surface area contributed by atoms with E-state index in [4.69, 9.17) is 32.7 Å². The SMILES string of the molecule is COC(=O)c1cc([N+](=O)[O-])c(CN[C@H]2[C@@H](CO)N(CC3CC3)[C@]3(C(=O)Nc4cc(Cl)ccc43)[C@@H]2c2cccc(Cl)c2F)cc1OC. The Kier molecular flexibility index (Phi) is 8.68. The molecule has 3 aliphatic rings. The average Bonchev–Trinajstić information content (AvgIpc) is 3.76. The third kappa shape index (κ3) is 5.18. The second-order valence-electron chi connectivity index (χ2n) is 11.7. The van der Waals surface area contributed by atoms with E-state index in [1.807, 2.05) is 4.90 Å². The molecule has 3 aromatic carbocycles. The summed E-state index contributed by atoms with van der Waals surface area (Å²) in [5.74, 6) is -2.57. The van der Waals surface area contributed by atoms with Crippen LogP contribution in [0, 0.1) is 21.8 Å². The van der Waals surface area contributed by atoms with E-state index in [0.29, 0.717) is 22.8 Å². The molecule has 0 bridgehead atoms. The van der Waals surface area contributed by atoms with E-state index in [1.165, 1.54) is 19.2 Å². The number of nitrogens with zero attached hydrogens (tertiary/aromatic N) is 2. The molecule has 0 unspecified atom stereocenters. The van der Waals surface area contributed by atoms with Gasteiger partial charge in [0, 0.05) is 53.0 Å². The van der Waals surface area contributed by atoms with Crippen molar-refractivity contribution in [3.63, 3.8) is 0 Å². The first kappa shape index (κ1) is 32.1. The van der Waals surface area contributed by atoms with Crippen LogP contribution in [0.3, 0.4) is 0 Å². The van der Waals surface area contributed by atoms with E-state index in [2.05, 4.69) is 10.6 Å². The van der Waals surface area contributed by atoms with E-state index >= 15 is 4.39 Å². The molecule has 4 atom stereocenters. The number of hydrogen-bond acceptors (Lipinski definition) is 9. The van der Waals surface area contributed by atoms with Gasteiger partial charge in [-0.3, -0.25) is 19.8 Å². The Morgan fingerprint density at radius 3 is 2.63 bits per heavy atom. The minimum atomic E-state index is -1.49. The third-order valence-electron chi connectivity index (χ3n) is 9.25. The molecule has 14 heteroatoms. The summed E-state index contributed by atoms with van der Waals surface area (Å²) in [4.78, 5) is 40.2. The highest BCUT2D eigenvalue weighted by Crippen LogP contribution is 2.58. The normalized spacial score (nSPS) is 23.8. The molecule has 1 saturated carbocycles. The van der Waals surface area contributed by atoms with Crippen molar-refractivity contribution in [2.24, 2.45) is 5.92 Å². The highest BCUT2D eigenvalue weighted by Gasteiger charge is 2.67. The van der Waals surface area contributed by atoms with Crippen LogP contribution in [-0.2, 0) is 21.6 Å². The predicted molar refractivity (Wildman–Crippen MR) is 168 cm³/mol. The van der Waals surface area contributed by atoms with E-state index in [-0.39, 0.29) is 45.6 Å². The summed E-state index contributed by atoms with van der Waals surface area (Å²) >= 11 is 12.6. The van der Waals surface area contributed by atoms with Gasteiger partial charge in [0.05, 0.1) is 36.8 Å². The van der Waals surface area contributed by atoms with Crippen molar-refractivity contribution in [1.29, 1.82) is 0 Å². The lowest BCUT2D eigenvalue weighted by Gasteiger charge is -2.39. The number of aliphatic hydroxyl groups is 1. The van der Waals surface area contributed by atoms with E-state index in [0.717, 1.165) is 26.0 Å². The Labute approximate surface area is 273 Å². The lowest BCUT2D eigenvalue weighted by atomic mass is 9.73. The lowest BCUT2D eigenvalue weighted by Crippen LogP contribution is -2.53. The van der Waals surface area contributed by atoms with Crippen LogP contribution >= 0.6 is 23.2 Å². The molecule has 1 spiro atoms. The Morgan fingerprint density at radius 1 is 1.22 bits per heavy atom. The minimum absolute atomic E-state index is 0.0598. The van der Waals surface area contributed by atoms with Gasteiger partial charge in [0.15, 0.2) is 0 Å². The Hall–Kier alpha value is -3.81. The van der Waals surface area contributed by atoms with Crippen LogP contribution < -0.4 is 15.4 Å². The monoisotopic (exact) mass is 672 g/mol. The number of ether oxygens (including phenoxy) is 2. The van der Waals surface area contributed by atoms with Crippen LogP contribution in [0.4, 0.5) is 15.8 Å². The number of methoxy groups -OCH3 is 2. The average molecular weight is 674 g/mol. The molecule has 2 heterocycles. The van der Waals surface area contributed by atoms with Crippen molar-refractivity contribution in [1.82, 2.24) is 10.2 Å². The molecule has 0 aromatic heterocycles. The lowest BCUT2D eigenvalue weighted by molar-refractivity contribution is -0.385. The van der Waals surface area contributed by atoms with Gasteiger partial charge in [0.2, 0.25) is 5.91 Å². The Morgan fingerprint density at radius 2 is 1.98 bits per heavy atom. The molecule has 2 aliphatic heterocycles. The fraction of sp³-hybridized carbons (Fsp3) is 0.375. The van der Waals surface area contributed by atoms with Crippen LogP contribution in [0.25, 0.3) is 0 Å². The molecule has 242 valence electrons. The maximum Gasteiger partial charge on any atom is 0.341 e. The molecule has 6 rings (SSSR count). The van der Waals surface area contributed by atoms with Crippen molar-refractivity contribution in [3.05, 3.63) is 96.8 Å². The van der Waals surface area contributed by atoms with Crippen molar-refractivity contribution < 1.29 is 33.5 Å². The molecule has 1 amide bonds. The number of hydrogen-bond donors (Lipinski definition) is 3. The molecule has 2 fully saturated rings. The number of benzene rings is 3. The van der Waals surface area contributed by atoms with Gasteiger partial charge >= 0.3 is 5.97 Å². The molecule has 46 heavy (non-hydrogen) atoms. The van der Waals surface area contributed by atoms with Gasteiger partial charge in [-0.05, 0) is 48.6 Å². The molecule has 11 nitrogen and oxygen atoms in total. The molecule has 0 radical (unpaired) electrons. The second kappa shape index (κ2) is 12.4. The number of aliphatic hydroxyl groups excluding tert-OH is 1. The van der Waals surface area contributed by atoms with Crippen LogP contribution in [0.1, 0.15) is 45.8 Å². The molecular weight excluding hydrogens is 642 g/mol. The van der Waals surface area contributed by atoms with Crippen molar-refractivity contribution in [3.8, 4) is 5.75 Å². The zero-order valence-corrected chi connectivity index (χ0v) is 26.4. The maximum absolute atomic E-state index is 16.1. The van der Waals surface area contributed by atoms with Gasteiger partial charge in [0.25, 0.3) is 5.69 Å². The number of carbonyl (C=O) groups excluding carboxylic acids is 2. The van der Waals surface area contributed by atoms with Crippen LogP contribution in [0.2, 0.25) is 10.0 Å². The number of likely N-dealkylation sites (tertiary alicyclic amines) is 1. The van der Waals surface area contributed by atoms with Gasteiger partial charge in [0.1, 0.15) is 22.7 Å². The van der Waals surface area contributed by atoms with Crippen molar-refractivity contribution in [2.45, 2.75) is 42.9 Å². The van der Waals surface area contributed by atoms with E-state index in [1.54, 1.807) is 30.3 Å². The van der Waals surface area contributed by atoms with Crippen molar-refractivity contribution in [2.75, 3.05) is 32.7 Å². The van der Waals surface area contributed by atoms with Gasteiger partial charge < -0.3 is 25.2 Å². The highest BCUT2D eigenvalue weighted by atomic mass is 35.5. The number of halogens is 3. The van der Waals surface area contributed by atoms with Gasteiger partial charge in [-0.25, -0.2) is 9.18 Å². The zero-order chi connectivity index (χ0) is 32.9. The number of fused-ring (bicyclic) bond motifs is 2. The van der Waals surface area contributed by atoms with E-state index in [9.17, 15) is 24.8 Å². The first-order chi connectivity index (χ1) is 22.1. The maximum atomic E-state index is 16.1. The summed E-state index contributed by atoms with van der Waals surface area (Å²) in [7, 11) is 2.48. The van der Waals surface area contributed by atoms with Gasteiger partial charge in [-0.2, -0.15) is 0 Å². The van der Waals surface area contributed by atoms with Crippen LogP contribution in [0.15, 0.2) is 48.5 Å². The number of nitrogens with one attached hydrogen (secondary N) is 2. The Bertz CT molecular complexity index is 1740. The molecule has 1 saturated heterocycles. The smallest absolute Gasteiger partial charge is 0.341 e. The largest absolute Gasteiger partial charge is 0.496 e. The molecular formula is C32H31Cl2FN4O7. The van der Waals surface area contributed by atoms with E-state index < -0.39 is 52.8 Å². The minimum Gasteiger partial charge on any atom is -0.496 e. The summed E-state index contributed by atoms with van der Waals surface area (Å²) in [6, 6.07) is 10.5. The van der Waals surface area contributed by atoms with Gasteiger partial charge in [-0.1, -0.05) is 41.4 Å². The standard InChI is InChI=1S/C32H31Cl2FN4O7/c1-45-26-10-17(24(39(43)44)12-20(26)30(41)46-2)13-36-29-25(15-40)38(14-16-6-7-16)32(27(29)19-4-3-5-22(34)28(19)35)21-9-8-18(33)11-23(21)37-31(32)42/h3-5,8-12,16,25,27,29,36,40H,6-7,13-15H2,1-2H3,(H,37,42)/t25-,27-,29+,32+/m1/s1. The first-order valence-corrected chi connectivity index (χ1v) is 15.4. The highest BCUT2D eigenvalue weighted by molar-refractivity contribution is 6.31. The van der Waals surface area contributed by atoms with Gasteiger partial charge in [-0.15, -0.1) is 0 Å². The summed E-state index contributed by atoms with van der Waals surface area (Å²) < 4.78 is 26.2. The summed E-state index contributed by atoms with van der Waals surface area (Å²) in [6.45, 7) is -0.122. The van der Waals surface area contributed by atoms with Crippen LogP contribution in [0.5, 0.6) is 5.75 Å². The first-order valence-electron chi connectivity index (χ1n) is 14.7. The number of rotatable bonds is 10. The third-order valence-corrected chi connectivity index (χ3v) is 9.78. The number of carbonyl (C=O) groups is 2. The second-order valence-corrected chi connectivity index (χ2v) is 12.6. The fourth-order valence-electron chi connectivity index (χ4n) is 7.09. The summed E-state index contributed by atoms with van der Waals surface area (Å²) in [6.07, 6.45) is 1.87. The number of nitro benzene ring substituents is 1. The molecule has 3 N–H and O–H groups in total. The number of esters is 1. The topological polar surface area (TPSA) is 143 Å². The zero-order valence-electron chi connectivity index (χ0n) is 24.9. The quantitative estimate of drug-likeness (QED) is 0.154. The van der Waals surface area contributed by atoms with Crippen molar-refractivity contribution >= 4 is 46.5 Å². The molecule has 1 aliphatic carbocycles. The Balaban J connectivity index is 1.53. The summed E-state index contributed by atoms with van der Waals surface area (Å²) in [5, 5.41) is 29.7. The predicted octanol–water partition coefficient (Wildman–Crippen LogP) is 5.01. The number of nitro groups is 1.